The number of aromatic nitrogens is 1. The maximum absolute atomic E-state index is 11.9. The summed E-state index contributed by atoms with van der Waals surface area (Å²) in [6.45, 7) is 0.703. The lowest BCUT2D eigenvalue weighted by Gasteiger charge is -2.16. The van der Waals surface area contributed by atoms with Crippen LogP contribution >= 0.6 is 11.3 Å². The number of carboxylic acids is 1. The van der Waals surface area contributed by atoms with Gasteiger partial charge in [-0.3, -0.25) is 9.69 Å². The predicted molar refractivity (Wildman–Crippen MR) is 69.6 cm³/mol. The minimum Gasteiger partial charge on any atom is -0.478 e. The van der Waals surface area contributed by atoms with Crippen LogP contribution < -0.4 is 4.90 Å². The number of carboxylic acid groups (broad SMARTS) is 1. The second kappa shape index (κ2) is 5.77. The summed E-state index contributed by atoms with van der Waals surface area (Å²) in [7, 11) is 0. The Morgan fingerprint density at radius 2 is 2.28 bits per heavy atom. The van der Waals surface area contributed by atoms with Gasteiger partial charge in [-0.2, -0.15) is 0 Å². The van der Waals surface area contributed by atoms with Crippen LogP contribution in [0.4, 0.5) is 5.13 Å². The summed E-state index contributed by atoms with van der Waals surface area (Å²) in [6.07, 6.45) is 7.72. The molecule has 0 aliphatic carbocycles. The minimum absolute atomic E-state index is 0.107. The number of rotatable bonds is 3. The minimum atomic E-state index is -0.990. The maximum Gasteiger partial charge on any atom is 0.328 e. The van der Waals surface area contributed by atoms with E-state index in [9.17, 15) is 9.59 Å². The van der Waals surface area contributed by atoms with Gasteiger partial charge < -0.3 is 5.11 Å². The van der Waals surface area contributed by atoms with Crippen LogP contribution in [0.5, 0.6) is 0 Å². The molecule has 2 heterocycles. The molecule has 1 aromatic rings. The summed E-state index contributed by atoms with van der Waals surface area (Å²) in [6, 6.07) is 0. The SMILES string of the molecule is O=C(O)C=Cc1cnc(N2CCCCCC2=O)s1. The third-order valence-corrected chi connectivity index (χ3v) is 3.69. The van der Waals surface area contributed by atoms with Crippen molar-refractivity contribution in [2.75, 3.05) is 11.4 Å². The maximum atomic E-state index is 11.9. The van der Waals surface area contributed by atoms with Crippen molar-refractivity contribution >= 4 is 34.4 Å². The number of aliphatic carboxylic acids is 1. The molecule has 1 aliphatic rings. The lowest BCUT2D eigenvalue weighted by Crippen LogP contribution is -2.29. The van der Waals surface area contributed by atoms with Gasteiger partial charge in [-0.15, -0.1) is 0 Å². The lowest BCUT2D eigenvalue weighted by molar-refractivity contribution is -0.131. The molecule has 96 valence electrons. The largest absolute Gasteiger partial charge is 0.478 e. The Morgan fingerprint density at radius 3 is 3.06 bits per heavy atom. The van der Waals surface area contributed by atoms with Crippen LogP contribution in [0.25, 0.3) is 6.08 Å². The average molecular weight is 266 g/mol. The van der Waals surface area contributed by atoms with Crippen molar-refractivity contribution < 1.29 is 14.7 Å². The average Bonchev–Trinajstić information content (AvgIpc) is 2.69. The molecule has 1 aliphatic heterocycles. The number of amides is 1. The molecule has 0 radical (unpaired) electrons. The van der Waals surface area contributed by atoms with Gasteiger partial charge >= 0.3 is 5.97 Å². The molecule has 0 saturated carbocycles. The van der Waals surface area contributed by atoms with Crippen LogP contribution in [0, 0.1) is 0 Å². The van der Waals surface area contributed by atoms with Gasteiger partial charge in [0.1, 0.15) is 0 Å². The van der Waals surface area contributed by atoms with Gasteiger partial charge in [0.2, 0.25) is 5.91 Å². The van der Waals surface area contributed by atoms with Crippen LogP contribution in [0.2, 0.25) is 0 Å². The van der Waals surface area contributed by atoms with E-state index >= 15 is 0 Å². The van der Waals surface area contributed by atoms with Crippen molar-refractivity contribution in [3.05, 3.63) is 17.2 Å². The second-order valence-corrected chi connectivity index (χ2v) is 5.11. The molecule has 1 saturated heterocycles. The molecule has 0 unspecified atom stereocenters. The third kappa shape index (κ3) is 3.16. The Labute approximate surface area is 109 Å². The van der Waals surface area contributed by atoms with E-state index in [1.165, 1.54) is 17.4 Å². The van der Waals surface area contributed by atoms with Crippen molar-refractivity contribution in [1.82, 2.24) is 4.98 Å². The van der Waals surface area contributed by atoms with Crippen LogP contribution in [0.1, 0.15) is 30.6 Å². The highest BCUT2D eigenvalue weighted by Gasteiger charge is 2.20. The highest BCUT2D eigenvalue weighted by molar-refractivity contribution is 7.16. The molecule has 6 heteroatoms. The first-order valence-electron chi connectivity index (χ1n) is 5.84. The summed E-state index contributed by atoms with van der Waals surface area (Å²) >= 11 is 1.34. The van der Waals surface area contributed by atoms with Crippen molar-refractivity contribution in [2.45, 2.75) is 25.7 Å². The predicted octanol–water partition coefficient (Wildman–Crippen LogP) is 2.15. The van der Waals surface area contributed by atoms with Crippen LogP contribution in [-0.4, -0.2) is 28.5 Å². The highest BCUT2D eigenvalue weighted by Crippen LogP contribution is 2.26. The summed E-state index contributed by atoms with van der Waals surface area (Å²) < 4.78 is 0. The van der Waals surface area contributed by atoms with E-state index in [0.29, 0.717) is 18.1 Å². The number of carbonyl (C=O) groups excluding carboxylic acids is 1. The molecule has 1 amide bonds. The zero-order chi connectivity index (χ0) is 13.0. The first kappa shape index (κ1) is 12.8. The van der Waals surface area contributed by atoms with Gasteiger partial charge in [0.25, 0.3) is 0 Å². The monoisotopic (exact) mass is 266 g/mol. The molecular weight excluding hydrogens is 252 g/mol. The van der Waals surface area contributed by atoms with E-state index in [1.54, 1.807) is 11.1 Å². The van der Waals surface area contributed by atoms with Gasteiger partial charge in [-0.05, 0) is 18.9 Å². The van der Waals surface area contributed by atoms with Gasteiger partial charge in [0.15, 0.2) is 5.13 Å². The van der Waals surface area contributed by atoms with E-state index in [0.717, 1.165) is 30.2 Å². The van der Waals surface area contributed by atoms with E-state index in [2.05, 4.69) is 4.98 Å². The standard InChI is InChI=1S/C12H14N2O3S/c15-10-4-2-1-3-7-14(10)12-13-8-9(18-12)5-6-11(16)17/h5-6,8H,1-4,7H2,(H,16,17). The first-order valence-corrected chi connectivity index (χ1v) is 6.65. The Kier molecular flexibility index (Phi) is 4.09. The topological polar surface area (TPSA) is 70.5 Å². The molecular formula is C12H14N2O3S. The molecule has 1 fully saturated rings. The van der Waals surface area contributed by atoms with Crippen molar-refractivity contribution in [3.8, 4) is 0 Å². The lowest BCUT2D eigenvalue weighted by atomic mass is 10.2. The Hall–Kier alpha value is -1.69. The van der Waals surface area contributed by atoms with Crippen LogP contribution in [0.15, 0.2) is 12.3 Å². The van der Waals surface area contributed by atoms with Crippen molar-refractivity contribution in [3.63, 3.8) is 0 Å². The summed E-state index contributed by atoms with van der Waals surface area (Å²) in [4.78, 5) is 28.9. The number of carbonyl (C=O) groups is 2. The second-order valence-electron chi connectivity index (χ2n) is 4.07. The quantitative estimate of drug-likeness (QED) is 0.851. The number of nitrogens with zero attached hydrogens (tertiary/aromatic N) is 2. The normalized spacial score (nSPS) is 17.1. The van der Waals surface area contributed by atoms with E-state index in [-0.39, 0.29) is 5.91 Å². The molecule has 2 rings (SSSR count). The molecule has 0 bridgehead atoms. The number of hydrogen-bond acceptors (Lipinski definition) is 4. The van der Waals surface area contributed by atoms with Gasteiger partial charge in [-0.25, -0.2) is 9.78 Å². The fourth-order valence-electron chi connectivity index (χ4n) is 1.82. The fourth-order valence-corrected chi connectivity index (χ4v) is 2.68. The number of hydrogen-bond donors (Lipinski definition) is 1. The fraction of sp³-hybridized carbons (Fsp3) is 0.417. The highest BCUT2D eigenvalue weighted by atomic mass is 32.1. The van der Waals surface area contributed by atoms with Gasteiger partial charge in [0, 0.05) is 30.1 Å². The Bertz CT molecular complexity index is 481. The molecule has 1 aromatic heterocycles. The molecule has 0 aromatic carbocycles. The van der Waals surface area contributed by atoms with Crippen LogP contribution in [-0.2, 0) is 9.59 Å². The van der Waals surface area contributed by atoms with Crippen molar-refractivity contribution in [1.29, 1.82) is 0 Å². The van der Waals surface area contributed by atoms with Crippen molar-refractivity contribution in [2.24, 2.45) is 0 Å². The zero-order valence-corrected chi connectivity index (χ0v) is 10.7. The summed E-state index contributed by atoms with van der Waals surface area (Å²) in [5, 5.41) is 9.20. The molecule has 5 nitrogen and oxygen atoms in total. The van der Waals surface area contributed by atoms with E-state index in [1.807, 2.05) is 0 Å². The molecule has 1 N–H and O–H groups in total. The molecule has 18 heavy (non-hydrogen) atoms. The van der Waals surface area contributed by atoms with Crippen LogP contribution in [0.3, 0.4) is 0 Å². The third-order valence-electron chi connectivity index (χ3n) is 2.71. The smallest absolute Gasteiger partial charge is 0.328 e. The Morgan fingerprint density at radius 1 is 1.44 bits per heavy atom. The zero-order valence-electron chi connectivity index (χ0n) is 9.83. The summed E-state index contributed by atoms with van der Waals surface area (Å²) in [5.41, 5.74) is 0. The Balaban J connectivity index is 2.13. The van der Waals surface area contributed by atoms with Gasteiger partial charge in [-0.1, -0.05) is 17.8 Å². The first-order chi connectivity index (χ1) is 8.66. The number of anilines is 1. The van der Waals surface area contributed by atoms with E-state index < -0.39 is 5.97 Å². The van der Waals surface area contributed by atoms with E-state index in [4.69, 9.17) is 5.11 Å². The van der Waals surface area contributed by atoms with Gasteiger partial charge in [0.05, 0.1) is 0 Å². The molecule has 0 atom stereocenters. The summed E-state index contributed by atoms with van der Waals surface area (Å²) in [5.74, 6) is -0.883. The number of thiazole rings is 1. The molecule has 0 spiro atoms.